The van der Waals surface area contributed by atoms with Crippen molar-refractivity contribution in [3.63, 3.8) is 0 Å². The molecule has 31 heavy (non-hydrogen) atoms. The number of nitrogens with zero attached hydrogens (tertiary/aromatic N) is 2. The van der Waals surface area contributed by atoms with Crippen LogP contribution >= 0.6 is 0 Å². The summed E-state index contributed by atoms with van der Waals surface area (Å²) in [7, 11) is 0. The van der Waals surface area contributed by atoms with Gasteiger partial charge in [0.05, 0.1) is 11.6 Å². The highest BCUT2D eigenvalue weighted by atomic mass is 19.1. The third-order valence-electron chi connectivity index (χ3n) is 6.60. The van der Waals surface area contributed by atoms with E-state index in [1.807, 2.05) is 37.3 Å². The Kier molecular flexibility index (Phi) is 4.89. The summed E-state index contributed by atoms with van der Waals surface area (Å²) in [5.41, 5.74) is 3.41. The van der Waals surface area contributed by atoms with Crippen LogP contribution in [0.4, 0.5) is 10.1 Å². The largest absolute Gasteiger partial charge is 0.380 e. The van der Waals surface area contributed by atoms with Crippen LogP contribution in [0.15, 0.2) is 48.7 Å². The van der Waals surface area contributed by atoms with Gasteiger partial charge in [0.2, 0.25) is 0 Å². The summed E-state index contributed by atoms with van der Waals surface area (Å²) in [4.78, 5) is 19.9. The summed E-state index contributed by atoms with van der Waals surface area (Å²) in [6.45, 7) is 7.24. The molecule has 0 atom stereocenters. The summed E-state index contributed by atoms with van der Waals surface area (Å²) in [6, 6.07) is 13.3. The summed E-state index contributed by atoms with van der Waals surface area (Å²) >= 11 is 0. The number of nitrogens with one attached hydrogen (secondary N) is 2. The fourth-order valence-electron chi connectivity index (χ4n) is 4.54. The molecule has 2 N–H and O–H groups in total. The van der Waals surface area contributed by atoms with Crippen LogP contribution in [0.25, 0.3) is 10.9 Å². The maximum Gasteiger partial charge on any atom is 0.252 e. The molecule has 2 heterocycles. The summed E-state index contributed by atoms with van der Waals surface area (Å²) in [5.74, 6) is -0.433. The third kappa shape index (κ3) is 3.65. The van der Waals surface area contributed by atoms with Gasteiger partial charge in [-0.3, -0.25) is 14.7 Å². The molecule has 1 aromatic heterocycles. The lowest BCUT2D eigenvalue weighted by Gasteiger charge is -2.39. The second-order valence-electron chi connectivity index (χ2n) is 8.75. The second-order valence-corrected chi connectivity index (χ2v) is 8.75. The van der Waals surface area contributed by atoms with Crippen molar-refractivity contribution in [3.8, 4) is 0 Å². The van der Waals surface area contributed by atoms with E-state index in [2.05, 4.69) is 27.4 Å². The van der Waals surface area contributed by atoms with Crippen molar-refractivity contribution < 1.29 is 9.18 Å². The number of aromatic nitrogens is 1. The normalized spacial score (nSPS) is 17.9. The number of likely N-dealkylation sites (tertiary alicyclic amines) is 1. The van der Waals surface area contributed by atoms with E-state index in [0.717, 1.165) is 54.7 Å². The van der Waals surface area contributed by atoms with Gasteiger partial charge in [0.1, 0.15) is 11.3 Å². The standard InChI is InChI=1S/C25H27FN4O/c1-3-30-14-18(15-30)28-17-8-7-16(2)20(13-17)24(31)29-25(10-11-25)21-9-12-27-23-19(21)5-4-6-22(23)26/h4-9,12-13,18,28H,3,10-11,14-15H2,1-2H3,(H,29,31). The molecule has 0 bridgehead atoms. The molecule has 5 nitrogen and oxygen atoms in total. The van der Waals surface area contributed by atoms with Gasteiger partial charge in [-0.15, -0.1) is 0 Å². The van der Waals surface area contributed by atoms with Crippen LogP contribution in [-0.4, -0.2) is 41.5 Å². The van der Waals surface area contributed by atoms with Crippen molar-refractivity contribution in [2.24, 2.45) is 0 Å². The van der Waals surface area contributed by atoms with E-state index in [-0.39, 0.29) is 11.7 Å². The molecule has 3 aromatic rings. The predicted octanol–water partition coefficient (Wildman–Crippen LogP) is 4.22. The molecule has 0 radical (unpaired) electrons. The number of benzene rings is 2. The van der Waals surface area contributed by atoms with Gasteiger partial charge < -0.3 is 10.6 Å². The number of hydrogen-bond acceptors (Lipinski definition) is 4. The molecule has 5 rings (SSSR count). The first-order chi connectivity index (χ1) is 15.0. The van der Waals surface area contributed by atoms with Gasteiger partial charge in [-0.25, -0.2) is 4.39 Å². The molecule has 1 saturated carbocycles. The van der Waals surface area contributed by atoms with Crippen LogP contribution in [0.1, 0.15) is 41.3 Å². The van der Waals surface area contributed by atoms with E-state index in [9.17, 15) is 9.18 Å². The number of rotatable bonds is 6. The number of hydrogen-bond donors (Lipinski definition) is 2. The van der Waals surface area contributed by atoms with Gasteiger partial charge in [-0.1, -0.05) is 25.1 Å². The third-order valence-corrected chi connectivity index (χ3v) is 6.60. The van der Waals surface area contributed by atoms with Crippen LogP contribution in [-0.2, 0) is 5.54 Å². The highest BCUT2D eigenvalue weighted by molar-refractivity contribution is 5.98. The molecule has 0 spiro atoms. The summed E-state index contributed by atoms with van der Waals surface area (Å²) in [6.07, 6.45) is 3.29. The number of carbonyl (C=O) groups is 1. The van der Waals surface area contributed by atoms with Crippen molar-refractivity contribution in [2.75, 3.05) is 25.0 Å². The monoisotopic (exact) mass is 418 g/mol. The molecule has 1 saturated heterocycles. The Morgan fingerprint density at radius 1 is 1.23 bits per heavy atom. The first kappa shape index (κ1) is 19.9. The molecule has 6 heteroatoms. The van der Waals surface area contributed by atoms with E-state index in [4.69, 9.17) is 0 Å². The van der Waals surface area contributed by atoms with Gasteiger partial charge in [0.15, 0.2) is 0 Å². The predicted molar refractivity (Wildman–Crippen MR) is 121 cm³/mol. The number of carbonyl (C=O) groups excluding carboxylic acids is 1. The van der Waals surface area contributed by atoms with E-state index in [1.165, 1.54) is 6.07 Å². The van der Waals surface area contributed by atoms with Crippen molar-refractivity contribution in [3.05, 3.63) is 71.2 Å². The lowest BCUT2D eigenvalue weighted by Crippen LogP contribution is -2.54. The number of pyridine rings is 1. The van der Waals surface area contributed by atoms with Gasteiger partial charge in [0.25, 0.3) is 5.91 Å². The van der Waals surface area contributed by atoms with Crippen molar-refractivity contribution in [2.45, 2.75) is 38.3 Å². The van der Waals surface area contributed by atoms with Crippen molar-refractivity contribution in [1.29, 1.82) is 0 Å². The number of halogens is 1. The fourth-order valence-corrected chi connectivity index (χ4v) is 4.54. The Labute approximate surface area is 181 Å². The molecular weight excluding hydrogens is 391 g/mol. The molecule has 2 aromatic carbocycles. The number of amides is 1. The lowest BCUT2D eigenvalue weighted by atomic mass is 9.98. The number of fused-ring (bicyclic) bond motifs is 1. The first-order valence-corrected chi connectivity index (χ1v) is 10.9. The van der Waals surface area contributed by atoms with Crippen molar-refractivity contribution >= 4 is 22.5 Å². The summed E-state index contributed by atoms with van der Waals surface area (Å²) < 4.78 is 14.2. The highest BCUT2D eigenvalue weighted by Gasteiger charge is 2.47. The molecule has 2 aliphatic rings. The number of likely N-dealkylation sites (N-methyl/N-ethyl adjacent to an activating group) is 1. The molecule has 1 amide bonds. The molecule has 160 valence electrons. The maximum atomic E-state index is 14.2. The van der Waals surface area contributed by atoms with Crippen molar-refractivity contribution in [1.82, 2.24) is 15.2 Å². The number of aryl methyl sites for hydroxylation is 1. The zero-order valence-corrected chi connectivity index (χ0v) is 17.9. The maximum absolute atomic E-state index is 14.2. The van der Waals surface area contributed by atoms with Gasteiger partial charge >= 0.3 is 0 Å². The van der Waals surface area contributed by atoms with E-state index >= 15 is 0 Å². The topological polar surface area (TPSA) is 57.3 Å². The summed E-state index contributed by atoms with van der Waals surface area (Å²) in [5, 5.41) is 7.55. The zero-order chi connectivity index (χ0) is 21.6. The first-order valence-electron chi connectivity index (χ1n) is 10.9. The highest BCUT2D eigenvalue weighted by Crippen LogP contribution is 2.48. The quantitative estimate of drug-likeness (QED) is 0.629. The SMILES string of the molecule is CCN1CC(Nc2ccc(C)c(C(=O)NC3(c4ccnc5c(F)cccc45)CC3)c2)C1. The molecular formula is C25H27FN4O. The van der Waals surface area contributed by atoms with Gasteiger partial charge in [-0.05, 0) is 61.7 Å². The van der Waals surface area contributed by atoms with Gasteiger partial charge in [0, 0.05) is 35.9 Å². The second kappa shape index (κ2) is 7.61. The Bertz CT molecular complexity index is 1150. The Balaban J connectivity index is 1.38. The average Bonchev–Trinajstić information content (AvgIpc) is 3.51. The molecule has 1 aliphatic heterocycles. The molecule has 2 fully saturated rings. The number of anilines is 1. The van der Waals surface area contributed by atoms with Crippen LogP contribution < -0.4 is 10.6 Å². The average molecular weight is 419 g/mol. The Morgan fingerprint density at radius 2 is 2.03 bits per heavy atom. The zero-order valence-electron chi connectivity index (χ0n) is 17.9. The lowest BCUT2D eigenvalue weighted by molar-refractivity contribution is 0.0930. The van der Waals surface area contributed by atoms with E-state index < -0.39 is 5.54 Å². The Hall–Kier alpha value is -2.99. The Morgan fingerprint density at radius 3 is 2.77 bits per heavy atom. The van der Waals surface area contributed by atoms with E-state index in [1.54, 1.807) is 12.3 Å². The minimum atomic E-state index is -0.461. The van der Waals surface area contributed by atoms with Crippen LogP contribution in [0.3, 0.4) is 0 Å². The van der Waals surface area contributed by atoms with Gasteiger partial charge in [-0.2, -0.15) is 0 Å². The molecule has 0 unspecified atom stereocenters. The van der Waals surface area contributed by atoms with Crippen LogP contribution in [0.2, 0.25) is 0 Å². The minimum Gasteiger partial charge on any atom is -0.380 e. The van der Waals surface area contributed by atoms with E-state index in [0.29, 0.717) is 17.1 Å². The van der Waals surface area contributed by atoms with Crippen LogP contribution in [0, 0.1) is 12.7 Å². The smallest absolute Gasteiger partial charge is 0.252 e. The van der Waals surface area contributed by atoms with Crippen LogP contribution in [0.5, 0.6) is 0 Å². The fraction of sp³-hybridized carbons (Fsp3) is 0.360. The minimum absolute atomic E-state index is 0.0937. The number of para-hydroxylation sites is 1. The molecule has 1 aliphatic carbocycles.